The first kappa shape index (κ1) is 24.8. The molecule has 2 amide bonds. The topological polar surface area (TPSA) is 75.0 Å². The minimum atomic E-state index is -0.542. The van der Waals surface area contributed by atoms with Crippen molar-refractivity contribution in [1.29, 1.82) is 0 Å². The average molecular weight is 496 g/mol. The van der Waals surface area contributed by atoms with Gasteiger partial charge in [-0.05, 0) is 55.7 Å². The average Bonchev–Trinajstić information content (AvgIpc) is 3.28. The molecule has 2 aromatic carbocycles. The van der Waals surface area contributed by atoms with E-state index in [0.29, 0.717) is 23.0 Å². The van der Waals surface area contributed by atoms with Gasteiger partial charge in [0, 0.05) is 30.7 Å². The smallest absolute Gasteiger partial charge is 0.339 e. The van der Waals surface area contributed by atoms with Crippen LogP contribution in [0.1, 0.15) is 40.3 Å². The number of anilines is 1. The zero-order valence-electron chi connectivity index (χ0n) is 20.0. The number of likely N-dealkylation sites (tertiary alicyclic amines) is 1. The molecule has 4 rings (SSSR count). The molecule has 1 aliphatic rings. The number of aryl methyl sites for hydroxylation is 1. The maximum absolute atomic E-state index is 13.5. The first-order valence-electron chi connectivity index (χ1n) is 11.7. The summed E-state index contributed by atoms with van der Waals surface area (Å²) < 4.78 is 10.6. The van der Waals surface area contributed by atoms with E-state index < -0.39 is 5.97 Å². The van der Waals surface area contributed by atoms with Crippen LogP contribution in [0.5, 0.6) is 0 Å². The number of carbonyl (C=O) groups excluding carboxylic acids is 2. The maximum atomic E-state index is 13.5. The van der Waals surface area contributed by atoms with Gasteiger partial charge in [0.25, 0.3) is 0 Å². The van der Waals surface area contributed by atoms with Crippen LogP contribution in [-0.4, -0.2) is 48.0 Å². The molecule has 2 heterocycles. The van der Waals surface area contributed by atoms with Crippen molar-refractivity contribution in [3.63, 3.8) is 0 Å². The summed E-state index contributed by atoms with van der Waals surface area (Å²) >= 11 is 6.15. The minimum absolute atomic E-state index is 0.0215. The van der Waals surface area contributed by atoms with Crippen molar-refractivity contribution < 1.29 is 18.7 Å². The molecule has 0 radical (unpaired) electrons. The maximum Gasteiger partial charge on any atom is 0.339 e. The quantitative estimate of drug-likeness (QED) is 0.424. The highest BCUT2D eigenvalue weighted by Gasteiger charge is 2.30. The molecule has 1 aromatic heterocycles. The van der Waals surface area contributed by atoms with Crippen LogP contribution < -0.4 is 5.32 Å². The number of ether oxygens (including phenoxy) is 1. The van der Waals surface area contributed by atoms with Crippen LogP contribution in [0.15, 0.2) is 65.1 Å². The van der Waals surface area contributed by atoms with E-state index >= 15 is 0 Å². The molecule has 184 valence electrons. The predicted octanol–water partition coefficient (Wildman–Crippen LogP) is 5.73. The summed E-state index contributed by atoms with van der Waals surface area (Å²) in [6.45, 7) is 4.86. The molecule has 0 spiro atoms. The third kappa shape index (κ3) is 6.44. The van der Waals surface area contributed by atoms with Gasteiger partial charge in [-0.2, -0.15) is 0 Å². The molecular formula is C27H30ClN3O4. The molecule has 0 unspecified atom stereocenters. The number of furan rings is 1. The lowest BCUT2D eigenvalue weighted by atomic mass is 10.0. The first-order chi connectivity index (χ1) is 16.9. The van der Waals surface area contributed by atoms with E-state index in [9.17, 15) is 9.59 Å². The molecule has 1 aliphatic heterocycles. The number of piperidine rings is 1. The number of nitrogens with one attached hydrogen (secondary N) is 1. The summed E-state index contributed by atoms with van der Waals surface area (Å²) in [4.78, 5) is 30.0. The Morgan fingerprint density at radius 3 is 2.51 bits per heavy atom. The summed E-state index contributed by atoms with van der Waals surface area (Å²) in [5.74, 6) is 0.962. The number of hydrogen-bond acceptors (Lipinski definition) is 5. The van der Waals surface area contributed by atoms with E-state index in [2.05, 4.69) is 34.5 Å². The molecule has 7 nitrogen and oxygen atoms in total. The summed E-state index contributed by atoms with van der Waals surface area (Å²) in [6.07, 6.45) is 1.67. The Hall–Kier alpha value is -3.29. The Balaban J connectivity index is 1.50. The van der Waals surface area contributed by atoms with Gasteiger partial charge < -0.3 is 19.4 Å². The van der Waals surface area contributed by atoms with E-state index in [-0.39, 0.29) is 17.6 Å². The van der Waals surface area contributed by atoms with Crippen LogP contribution in [0.3, 0.4) is 0 Å². The van der Waals surface area contributed by atoms with Gasteiger partial charge in [0.2, 0.25) is 0 Å². The Labute approximate surface area is 210 Å². The van der Waals surface area contributed by atoms with Crippen molar-refractivity contribution in [2.24, 2.45) is 0 Å². The fourth-order valence-corrected chi connectivity index (χ4v) is 4.60. The van der Waals surface area contributed by atoms with Crippen LogP contribution in [0.2, 0.25) is 5.02 Å². The van der Waals surface area contributed by atoms with Gasteiger partial charge in [0.1, 0.15) is 11.5 Å². The Kier molecular flexibility index (Phi) is 8.10. The normalized spacial score (nSPS) is 14.5. The van der Waals surface area contributed by atoms with Gasteiger partial charge in [-0.25, -0.2) is 9.59 Å². The molecule has 3 aromatic rings. The number of esters is 1. The molecular weight excluding hydrogens is 466 g/mol. The van der Waals surface area contributed by atoms with Gasteiger partial charge in [-0.3, -0.25) is 4.90 Å². The van der Waals surface area contributed by atoms with E-state index in [1.807, 2.05) is 25.1 Å². The highest BCUT2D eigenvalue weighted by molar-refractivity contribution is 6.31. The summed E-state index contributed by atoms with van der Waals surface area (Å²) in [6, 6.07) is 18.6. The Morgan fingerprint density at radius 1 is 1.11 bits per heavy atom. The standard InChI is InChI=1S/C27H30ClN3O4/c1-19-8-10-23(35-19)18-31(22-12-14-30(15-13-22)17-20-6-4-3-5-7-20)27(33)29-25-16-21(28)9-11-24(25)26(32)34-2/h3-11,16,22H,12-15,17-18H2,1-2H3,(H,29,33). The van der Waals surface area contributed by atoms with E-state index in [4.69, 9.17) is 20.8 Å². The molecule has 1 fully saturated rings. The van der Waals surface area contributed by atoms with Gasteiger partial charge in [-0.1, -0.05) is 41.9 Å². The Bertz CT molecular complexity index is 1160. The monoisotopic (exact) mass is 495 g/mol. The number of urea groups is 1. The number of rotatable bonds is 7. The fraction of sp³-hybridized carbons (Fsp3) is 0.333. The Morgan fingerprint density at radius 2 is 1.86 bits per heavy atom. The van der Waals surface area contributed by atoms with Crippen LogP contribution in [0.4, 0.5) is 10.5 Å². The van der Waals surface area contributed by atoms with Crippen LogP contribution in [-0.2, 0) is 17.8 Å². The van der Waals surface area contributed by atoms with Crippen molar-refractivity contribution in [1.82, 2.24) is 9.80 Å². The molecule has 35 heavy (non-hydrogen) atoms. The molecule has 0 aliphatic carbocycles. The van der Waals surface area contributed by atoms with Crippen molar-refractivity contribution in [3.8, 4) is 0 Å². The van der Waals surface area contributed by atoms with Gasteiger partial charge in [0.05, 0.1) is 24.9 Å². The van der Waals surface area contributed by atoms with Crippen molar-refractivity contribution in [2.75, 3.05) is 25.5 Å². The van der Waals surface area contributed by atoms with Crippen molar-refractivity contribution >= 4 is 29.3 Å². The van der Waals surface area contributed by atoms with Gasteiger partial charge in [0.15, 0.2) is 0 Å². The summed E-state index contributed by atoms with van der Waals surface area (Å²) in [7, 11) is 1.30. The zero-order chi connectivity index (χ0) is 24.8. The van der Waals surface area contributed by atoms with Gasteiger partial charge in [-0.15, -0.1) is 0 Å². The van der Waals surface area contributed by atoms with Gasteiger partial charge >= 0.3 is 12.0 Å². The first-order valence-corrected chi connectivity index (χ1v) is 12.1. The molecule has 0 atom stereocenters. The SMILES string of the molecule is COC(=O)c1ccc(Cl)cc1NC(=O)N(Cc1ccc(C)o1)C1CCN(Cc2ccccc2)CC1. The largest absolute Gasteiger partial charge is 0.465 e. The molecule has 1 saturated heterocycles. The lowest BCUT2D eigenvalue weighted by molar-refractivity contribution is 0.0602. The predicted molar refractivity (Wildman–Crippen MR) is 136 cm³/mol. The number of carbonyl (C=O) groups is 2. The number of halogens is 1. The van der Waals surface area contributed by atoms with E-state index in [1.165, 1.54) is 12.7 Å². The second-order valence-corrected chi connectivity index (χ2v) is 9.18. The lowest BCUT2D eigenvalue weighted by Gasteiger charge is -2.38. The van der Waals surface area contributed by atoms with Crippen LogP contribution in [0.25, 0.3) is 0 Å². The minimum Gasteiger partial charge on any atom is -0.465 e. The zero-order valence-corrected chi connectivity index (χ0v) is 20.8. The number of hydrogen-bond donors (Lipinski definition) is 1. The van der Waals surface area contributed by atoms with Crippen LogP contribution in [0, 0.1) is 6.92 Å². The fourth-order valence-electron chi connectivity index (χ4n) is 4.43. The molecule has 8 heteroatoms. The number of methoxy groups -OCH3 is 1. The molecule has 0 bridgehead atoms. The van der Waals surface area contributed by atoms with Crippen molar-refractivity contribution in [3.05, 3.63) is 88.3 Å². The summed E-state index contributed by atoms with van der Waals surface area (Å²) in [5.41, 5.74) is 1.84. The summed E-state index contributed by atoms with van der Waals surface area (Å²) in [5, 5.41) is 3.30. The third-order valence-electron chi connectivity index (χ3n) is 6.26. The lowest BCUT2D eigenvalue weighted by Crippen LogP contribution is -2.48. The van der Waals surface area contributed by atoms with E-state index in [1.54, 1.807) is 23.1 Å². The van der Waals surface area contributed by atoms with Crippen molar-refractivity contribution in [2.45, 2.75) is 38.9 Å². The molecule has 1 N–H and O–H groups in total. The second-order valence-electron chi connectivity index (χ2n) is 8.74. The number of amides is 2. The molecule has 0 saturated carbocycles. The second kappa shape index (κ2) is 11.4. The number of nitrogens with zero attached hydrogens (tertiary/aromatic N) is 2. The van der Waals surface area contributed by atoms with Crippen LogP contribution >= 0.6 is 11.6 Å². The highest BCUT2D eigenvalue weighted by atomic mass is 35.5. The highest BCUT2D eigenvalue weighted by Crippen LogP contribution is 2.26. The third-order valence-corrected chi connectivity index (χ3v) is 6.49. The van der Waals surface area contributed by atoms with E-state index in [0.717, 1.165) is 38.2 Å². The number of benzene rings is 2.